The topological polar surface area (TPSA) is 39.1 Å². The van der Waals surface area contributed by atoms with E-state index in [4.69, 9.17) is 4.74 Å². The van der Waals surface area contributed by atoms with Crippen molar-refractivity contribution in [3.63, 3.8) is 0 Å². The number of aromatic nitrogens is 2. The zero-order valence-corrected chi connectivity index (χ0v) is 12.8. The Labute approximate surface area is 125 Å². The van der Waals surface area contributed by atoms with Crippen LogP contribution in [-0.4, -0.2) is 23.2 Å². The van der Waals surface area contributed by atoms with Gasteiger partial charge in [-0.3, -0.25) is 0 Å². The standard InChI is InChI=1S/C16H22FN3O/c1-4-7-18-14(11-16-19-8-9-20(16)2)12-5-6-15(21-3)13(17)10-12/h5-6,8-10,14,18H,4,7,11H2,1-3H3. The van der Waals surface area contributed by atoms with Gasteiger partial charge in [-0.25, -0.2) is 9.37 Å². The second kappa shape index (κ2) is 7.22. The van der Waals surface area contributed by atoms with Crippen LogP contribution in [0.3, 0.4) is 0 Å². The first-order valence-corrected chi connectivity index (χ1v) is 7.18. The summed E-state index contributed by atoms with van der Waals surface area (Å²) >= 11 is 0. The first-order valence-electron chi connectivity index (χ1n) is 7.18. The number of methoxy groups -OCH3 is 1. The molecule has 0 aliphatic heterocycles. The van der Waals surface area contributed by atoms with Gasteiger partial charge < -0.3 is 14.6 Å². The Kier molecular flexibility index (Phi) is 5.33. The number of aryl methyl sites for hydroxylation is 1. The summed E-state index contributed by atoms with van der Waals surface area (Å²) in [5.74, 6) is 0.906. The van der Waals surface area contributed by atoms with E-state index in [2.05, 4.69) is 17.2 Å². The number of hydrogen-bond acceptors (Lipinski definition) is 3. The lowest BCUT2D eigenvalue weighted by molar-refractivity contribution is 0.385. The van der Waals surface area contributed by atoms with Gasteiger partial charge in [0, 0.05) is 31.9 Å². The lowest BCUT2D eigenvalue weighted by atomic mass is 10.0. The van der Waals surface area contributed by atoms with Crippen molar-refractivity contribution in [2.45, 2.75) is 25.8 Å². The van der Waals surface area contributed by atoms with Crippen LogP contribution in [0.5, 0.6) is 5.75 Å². The van der Waals surface area contributed by atoms with Crippen molar-refractivity contribution in [1.82, 2.24) is 14.9 Å². The monoisotopic (exact) mass is 291 g/mol. The maximum absolute atomic E-state index is 13.9. The van der Waals surface area contributed by atoms with Gasteiger partial charge in [0.15, 0.2) is 11.6 Å². The second-order valence-electron chi connectivity index (χ2n) is 5.06. The van der Waals surface area contributed by atoms with Crippen LogP contribution in [0, 0.1) is 5.82 Å². The summed E-state index contributed by atoms with van der Waals surface area (Å²) in [6.07, 6.45) is 5.44. The molecule has 0 spiro atoms. The zero-order valence-electron chi connectivity index (χ0n) is 12.8. The largest absolute Gasteiger partial charge is 0.494 e. The minimum atomic E-state index is -0.335. The smallest absolute Gasteiger partial charge is 0.165 e. The summed E-state index contributed by atoms with van der Waals surface area (Å²) in [7, 11) is 3.44. The molecule has 21 heavy (non-hydrogen) atoms. The molecule has 0 aliphatic carbocycles. The number of nitrogens with zero attached hydrogens (tertiary/aromatic N) is 2. The fraction of sp³-hybridized carbons (Fsp3) is 0.438. The number of halogens is 1. The van der Waals surface area contributed by atoms with Crippen LogP contribution in [0.2, 0.25) is 0 Å². The van der Waals surface area contributed by atoms with Crippen molar-refractivity contribution in [3.05, 3.63) is 47.8 Å². The van der Waals surface area contributed by atoms with Crippen molar-refractivity contribution < 1.29 is 9.13 Å². The molecule has 4 nitrogen and oxygen atoms in total. The molecule has 0 saturated heterocycles. The van der Waals surface area contributed by atoms with Crippen LogP contribution in [0.4, 0.5) is 4.39 Å². The summed E-state index contributed by atoms with van der Waals surface area (Å²) in [5.41, 5.74) is 0.907. The van der Waals surface area contributed by atoms with Crippen molar-refractivity contribution in [1.29, 1.82) is 0 Å². The minimum Gasteiger partial charge on any atom is -0.494 e. The van der Waals surface area contributed by atoms with Crippen LogP contribution in [0.1, 0.15) is 30.8 Å². The summed E-state index contributed by atoms with van der Waals surface area (Å²) in [6.45, 7) is 2.99. The Hall–Kier alpha value is -1.88. The number of benzene rings is 1. The van der Waals surface area contributed by atoms with Crippen LogP contribution >= 0.6 is 0 Å². The van der Waals surface area contributed by atoms with Gasteiger partial charge >= 0.3 is 0 Å². The summed E-state index contributed by atoms with van der Waals surface area (Å²) in [4.78, 5) is 4.35. The summed E-state index contributed by atoms with van der Waals surface area (Å²) < 4.78 is 20.9. The number of ether oxygens (including phenoxy) is 1. The Bertz CT molecular complexity index is 583. The van der Waals surface area contributed by atoms with Crippen LogP contribution in [-0.2, 0) is 13.5 Å². The Morgan fingerprint density at radius 1 is 1.43 bits per heavy atom. The average Bonchev–Trinajstić information content (AvgIpc) is 2.88. The molecule has 0 amide bonds. The SMILES string of the molecule is CCCNC(Cc1nccn1C)c1ccc(OC)c(F)c1. The highest BCUT2D eigenvalue weighted by Gasteiger charge is 2.16. The third-order valence-electron chi connectivity index (χ3n) is 3.53. The minimum absolute atomic E-state index is 0.0338. The van der Waals surface area contributed by atoms with Gasteiger partial charge in [-0.1, -0.05) is 13.0 Å². The van der Waals surface area contributed by atoms with E-state index in [9.17, 15) is 4.39 Å². The molecular formula is C16H22FN3O. The van der Waals surface area contributed by atoms with E-state index in [0.29, 0.717) is 0 Å². The van der Waals surface area contributed by atoms with Gasteiger partial charge in [0.25, 0.3) is 0 Å². The van der Waals surface area contributed by atoms with Crippen molar-refractivity contribution in [2.75, 3.05) is 13.7 Å². The fourth-order valence-corrected chi connectivity index (χ4v) is 2.30. The molecule has 0 bridgehead atoms. The number of rotatable bonds is 7. The molecule has 1 aromatic carbocycles. The maximum Gasteiger partial charge on any atom is 0.165 e. The molecule has 114 valence electrons. The van der Waals surface area contributed by atoms with Gasteiger partial charge in [-0.2, -0.15) is 0 Å². The quantitative estimate of drug-likeness (QED) is 0.852. The molecule has 0 radical (unpaired) electrons. The second-order valence-corrected chi connectivity index (χ2v) is 5.06. The van der Waals surface area contributed by atoms with E-state index in [1.54, 1.807) is 12.3 Å². The molecule has 0 aliphatic rings. The Morgan fingerprint density at radius 2 is 2.24 bits per heavy atom. The third kappa shape index (κ3) is 3.82. The maximum atomic E-state index is 13.9. The molecule has 0 saturated carbocycles. The van der Waals surface area contributed by atoms with E-state index in [1.165, 1.54) is 13.2 Å². The summed E-state index contributed by atoms with van der Waals surface area (Å²) in [6, 6.07) is 5.14. The molecule has 5 heteroatoms. The molecule has 2 aromatic rings. The van der Waals surface area contributed by atoms with Crippen LogP contribution in [0.25, 0.3) is 0 Å². The molecule has 2 rings (SSSR count). The van der Waals surface area contributed by atoms with Crippen LogP contribution < -0.4 is 10.1 Å². The predicted octanol–water partition coefficient (Wildman–Crippen LogP) is 2.85. The lowest BCUT2D eigenvalue weighted by Gasteiger charge is -2.19. The molecule has 1 aromatic heterocycles. The first-order chi connectivity index (χ1) is 10.2. The molecule has 1 unspecified atom stereocenters. The van der Waals surface area contributed by atoms with Gasteiger partial charge in [-0.05, 0) is 30.7 Å². The molecular weight excluding hydrogens is 269 g/mol. The van der Waals surface area contributed by atoms with Gasteiger partial charge in [0.2, 0.25) is 0 Å². The van der Waals surface area contributed by atoms with Crippen molar-refractivity contribution in [3.8, 4) is 5.75 Å². The molecule has 1 heterocycles. The van der Waals surface area contributed by atoms with Gasteiger partial charge in [0.1, 0.15) is 5.82 Å². The Balaban J connectivity index is 2.22. The van der Waals surface area contributed by atoms with E-state index >= 15 is 0 Å². The molecule has 0 fully saturated rings. The highest BCUT2D eigenvalue weighted by molar-refractivity contribution is 5.31. The number of nitrogens with one attached hydrogen (secondary N) is 1. The van der Waals surface area contributed by atoms with Crippen LogP contribution in [0.15, 0.2) is 30.6 Å². The van der Waals surface area contributed by atoms with Gasteiger partial charge in [0.05, 0.1) is 7.11 Å². The van der Waals surface area contributed by atoms with E-state index in [1.807, 2.05) is 23.9 Å². The normalized spacial score (nSPS) is 12.4. The molecule has 1 atom stereocenters. The highest BCUT2D eigenvalue weighted by Crippen LogP contribution is 2.24. The highest BCUT2D eigenvalue weighted by atomic mass is 19.1. The number of hydrogen-bond donors (Lipinski definition) is 1. The van der Waals surface area contributed by atoms with Gasteiger partial charge in [-0.15, -0.1) is 0 Å². The first kappa shape index (κ1) is 15.5. The molecule has 1 N–H and O–H groups in total. The van der Waals surface area contributed by atoms with E-state index in [0.717, 1.165) is 30.8 Å². The van der Waals surface area contributed by atoms with E-state index < -0.39 is 0 Å². The van der Waals surface area contributed by atoms with E-state index in [-0.39, 0.29) is 17.6 Å². The Morgan fingerprint density at radius 3 is 2.81 bits per heavy atom. The summed E-state index contributed by atoms with van der Waals surface area (Å²) in [5, 5.41) is 3.46. The average molecular weight is 291 g/mol. The van der Waals surface area contributed by atoms with Crippen molar-refractivity contribution >= 4 is 0 Å². The fourth-order valence-electron chi connectivity index (χ4n) is 2.30. The lowest BCUT2D eigenvalue weighted by Crippen LogP contribution is -2.25. The predicted molar refractivity (Wildman–Crippen MR) is 80.9 cm³/mol. The third-order valence-corrected chi connectivity index (χ3v) is 3.53. The number of imidazole rings is 1. The zero-order chi connectivity index (χ0) is 15.2. The van der Waals surface area contributed by atoms with Crippen molar-refractivity contribution in [2.24, 2.45) is 7.05 Å².